The zero-order chi connectivity index (χ0) is 19.4. The van der Waals surface area contributed by atoms with Crippen molar-refractivity contribution in [3.63, 3.8) is 0 Å². The summed E-state index contributed by atoms with van der Waals surface area (Å²) in [6.07, 6.45) is -0.567. The number of rotatable bonds is 6. The van der Waals surface area contributed by atoms with Crippen molar-refractivity contribution in [2.75, 3.05) is 18.4 Å². The Labute approximate surface area is 153 Å². The predicted molar refractivity (Wildman–Crippen MR) is 99.8 cm³/mol. The molecule has 0 aliphatic carbocycles. The first-order chi connectivity index (χ1) is 12.1. The van der Waals surface area contributed by atoms with Crippen LogP contribution in [0, 0.1) is 0 Å². The van der Waals surface area contributed by atoms with Gasteiger partial charge in [-0.1, -0.05) is 12.1 Å². The van der Waals surface area contributed by atoms with Crippen LogP contribution in [0.3, 0.4) is 0 Å². The molecule has 1 aromatic rings. The molecule has 1 aliphatic heterocycles. The topological polar surface area (TPSA) is 109 Å². The van der Waals surface area contributed by atoms with Crippen LogP contribution in [0.2, 0.25) is 0 Å². The van der Waals surface area contributed by atoms with Gasteiger partial charge in [-0.15, -0.1) is 0 Å². The van der Waals surface area contributed by atoms with Crippen molar-refractivity contribution in [2.45, 2.75) is 45.3 Å². The first-order valence-electron chi connectivity index (χ1n) is 8.58. The van der Waals surface area contributed by atoms with Gasteiger partial charge in [0, 0.05) is 18.8 Å². The van der Waals surface area contributed by atoms with E-state index in [9.17, 15) is 9.59 Å². The average molecular weight is 363 g/mol. The van der Waals surface area contributed by atoms with Gasteiger partial charge in [0.1, 0.15) is 0 Å². The molecule has 2 rings (SSSR count). The molecule has 0 aromatic heterocycles. The Morgan fingerprint density at radius 1 is 1.08 bits per heavy atom. The van der Waals surface area contributed by atoms with Gasteiger partial charge in [-0.25, -0.2) is 9.59 Å². The number of carbonyl (C=O) groups is 2. The summed E-state index contributed by atoms with van der Waals surface area (Å²) in [6.45, 7) is 8.60. The van der Waals surface area contributed by atoms with E-state index in [1.807, 2.05) is 45.9 Å². The molecule has 0 radical (unpaired) electrons. The zero-order valence-corrected chi connectivity index (χ0v) is 15.6. The van der Waals surface area contributed by atoms with Gasteiger partial charge in [-0.3, -0.25) is 0 Å². The van der Waals surface area contributed by atoms with Gasteiger partial charge in [-0.05, 0) is 51.7 Å². The first-order valence-corrected chi connectivity index (χ1v) is 8.58. The minimum Gasteiger partial charge on any atom is -0.465 e. The maximum Gasteiger partial charge on any atom is 0.494 e. The van der Waals surface area contributed by atoms with E-state index in [4.69, 9.17) is 14.4 Å². The number of carboxylic acid groups (broad SMARTS) is 1. The smallest absolute Gasteiger partial charge is 0.465 e. The minimum atomic E-state index is -1.08. The summed E-state index contributed by atoms with van der Waals surface area (Å²) in [4.78, 5) is 22.3. The van der Waals surface area contributed by atoms with Crippen molar-refractivity contribution >= 4 is 30.4 Å². The van der Waals surface area contributed by atoms with E-state index in [-0.39, 0.29) is 12.6 Å². The fourth-order valence-corrected chi connectivity index (χ4v) is 2.40. The van der Waals surface area contributed by atoms with Crippen molar-refractivity contribution in [2.24, 2.45) is 0 Å². The van der Waals surface area contributed by atoms with Gasteiger partial charge in [0.15, 0.2) is 0 Å². The molecule has 1 fully saturated rings. The van der Waals surface area contributed by atoms with E-state index in [0.717, 1.165) is 5.46 Å². The van der Waals surface area contributed by atoms with Gasteiger partial charge >= 0.3 is 19.2 Å². The number of carbonyl (C=O) groups excluding carboxylic acids is 1. The molecule has 142 valence electrons. The quantitative estimate of drug-likeness (QED) is 0.455. The summed E-state index contributed by atoms with van der Waals surface area (Å²) in [5, 5.41) is 16.1. The average Bonchev–Trinajstić information content (AvgIpc) is 2.75. The number of nitrogens with one attached hydrogen (secondary N) is 3. The van der Waals surface area contributed by atoms with Crippen molar-refractivity contribution in [1.29, 1.82) is 0 Å². The highest BCUT2D eigenvalue weighted by Crippen LogP contribution is 2.36. The van der Waals surface area contributed by atoms with Gasteiger partial charge in [-0.2, -0.15) is 0 Å². The minimum absolute atomic E-state index is 0.285. The maximum atomic E-state index is 11.9. The van der Waals surface area contributed by atoms with Crippen LogP contribution < -0.4 is 21.4 Å². The van der Waals surface area contributed by atoms with E-state index in [1.54, 1.807) is 6.07 Å². The van der Waals surface area contributed by atoms with E-state index in [1.165, 1.54) is 0 Å². The highest BCUT2D eigenvalue weighted by Gasteiger charge is 2.51. The van der Waals surface area contributed by atoms with Crippen LogP contribution in [0.5, 0.6) is 0 Å². The highest BCUT2D eigenvalue weighted by atomic mass is 16.7. The summed E-state index contributed by atoms with van der Waals surface area (Å²) in [5.41, 5.74) is 0.593. The molecule has 1 aromatic carbocycles. The second-order valence-corrected chi connectivity index (χ2v) is 7.18. The highest BCUT2D eigenvalue weighted by molar-refractivity contribution is 6.62. The SMILES string of the molecule is CC1(C)OB(c2cccc(NC(=O)NCCCNC(=O)O)c2)OC1(C)C. The Hall–Kier alpha value is -2.26. The molecular formula is C17H26BN3O5. The standard InChI is InChI=1S/C17H26BN3O5/c1-16(2)17(3,4)26-18(25-16)12-7-5-8-13(11-12)21-14(22)19-9-6-10-20-15(23)24/h5,7-8,11,20H,6,9-10H2,1-4H3,(H,23,24)(H2,19,21,22). The Bertz CT molecular complexity index is 650. The van der Waals surface area contributed by atoms with Crippen LogP contribution in [0.25, 0.3) is 0 Å². The Morgan fingerprint density at radius 3 is 2.31 bits per heavy atom. The molecule has 1 saturated heterocycles. The zero-order valence-electron chi connectivity index (χ0n) is 15.6. The maximum absolute atomic E-state index is 11.9. The number of amides is 3. The third-order valence-corrected chi connectivity index (χ3v) is 4.59. The molecule has 1 heterocycles. The number of benzene rings is 1. The monoisotopic (exact) mass is 363 g/mol. The molecule has 9 heteroatoms. The van der Waals surface area contributed by atoms with E-state index < -0.39 is 24.4 Å². The fourth-order valence-electron chi connectivity index (χ4n) is 2.40. The van der Waals surface area contributed by atoms with Gasteiger partial charge < -0.3 is 30.4 Å². The fraction of sp³-hybridized carbons (Fsp3) is 0.529. The lowest BCUT2D eigenvalue weighted by molar-refractivity contribution is 0.00578. The van der Waals surface area contributed by atoms with Crippen LogP contribution in [0.4, 0.5) is 15.3 Å². The van der Waals surface area contributed by atoms with Crippen LogP contribution in [-0.2, 0) is 9.31 Å². The molecule has 0 saturated carbocycles. The summed E-state index contributed by atoms with van der Waals surface area (Å²) in [6, 6.07) is 6.95. The third-order valence-electron chi connectivity index (χ3n) is 4.59. The molecule has 3 amide bonds. The van der Waals surface area contributed by atoms with Crippen LogP contribution in [-0.4, -0.2) is 48.6 Å². The number of hydrogen-bond acceptors (Lipinski definition) is 4. The first kappa shape index (κ1) is 20.1. The molecule has 0 spiro atoms. The van der Waals surface area contributed by atoms with Crippen LogP contribution in [0.15, 0.2) is 24.3 Å². The molecule has 0 bridgehead atoms. The second kappa shape index (κ2) is 7.97. The van der Waals surface area contributed by atoms with Gasteiger partial charge in [0.05, 0.1) is 11.2 Å². The lowest BCUT2D eigenvalue weighted by atomic mass is 9.79. The molecule has 1 aliphatic rings. The van der Waals surface area contributed by atoms with E-state index in [2.05, 4.69) is 16.0 Å². The Balaban J connectivity index is 1.87. The lowest BCUT2D eigenvalue weighted by Crippen LogP contribution is -2.41. The predicted octanol–water partition coefficient (Wildman–Crippen LogP) is 1.76. The van der Waals surface area contributed by atoms with Gasteiger partial charge in [0.2, 0.25) is 0 Å². The lowest BCUT2D eigenvalue weighted by Gasteiger charge is -2.32. The van der Waals surface area contributed by atoms with E-state index >= 15 is 0 Å². The molecule has 8 nitrogen and oxygen atoms in total. The molecular weight excluding hydrogens is 337 g/mol. The number of hydrogen-bond donors (Lipinski definition) is 4. The van der Waals surface area contributed by atoms with Crippen LogP contribution >= 0.6 is 0 Å². The Kier molecular flexibility index (Phi) is 6.15. The molecule has 26 heavy (non-hydrogen) atoms. The molecule has 0 unspecified atom stereocenters. The number of urea groups is 1. The third kappa shape index (κ3) is 5.12. The molecule has 0 atom stereocenters. The summed E-state index contributed by atoms with van der Waals surface area (Å²) in [7, 11) is -0.494. The molecule has 4 N–H and O–H groups in total. The van der Waals surface area contributed by atoms with Crippen molar-refractivity contribution < 1.29 is 24.0 Å². The van der Waals surface area contributed by atoms with Crippen LogP contribution in [0.1, 0.15) is 34.1 Å². The largest absolute Gasteiger partial charge is 0.494 e. The van der Waals surface area contributed by atoms with Crippen molar-refractivity contribution in [1.82, 2.24) is 10.6 Å². The van der Waals surface area contributed by atoms with Gasteiger partial charge in [0.25, 0.3) is 0 Å². The summed E-state index contributed by atoms with van der Waals surface area (Å²) in [5.74, 6) is 0. The van der Waals surface area contributed by atoms with Crippen molar-refractivity contribution in [3.05, 3.63) is 24.3 Å². The summed E-state index contributed by atoms with van der Waals surface area (Å²) >= 11 is 0. The second-order valence-electron chi connectivity index (χ2n) is 7.18. The van der Waals surface area contributed by atoms with E-state index in [0.29, 0.717) is 18.7 Å². The Morgan fingerprint density at radius 2 is 1.69 bits per heavy atom. The number of anilines is 1. The van der Waals surface area contributed by atoms with Crippen molar-refractivity contribution in [3.8, 4) is 0 Å². The summed E-state index contributed by atoms with van der Waals surface area (Å²) < 4.78 is 12.0. The normalized spacial score (nSPS) is 17.6.